The van der Waals surface area contributed by atoms with E-state index < -0.39 is 41.6 Å². The molecule has 8 heteroatoms. The Labute approximate surface area is 155 Å². The monoisotopic (exact) mass is 384 g/mol. The number of aliphatic hydroxyl groups excluding tert-OH is 2. The van der Waals surface area contributed by atoms with Gasteiger partial charge in [0, 0.05) is 12.5 Å². The summed E-state index contributed by atoms with van der Waals surface area (Å²) in [6.45, 7) is 3.25. The van der Waals surface area contributed by atoms with Gasteiger partial charge in [0.15, 0.2) is 5.78 Å². The van der Waals surface area contributed by atoms with Gasteiger partial charge in [0.25, 0.3) is 0 Å². The van der Waals surface area contributed by atoms with Gasteiger partial charge in [0.2, 0.25) is 0 Å². The molecule has 0 radical (unpaired) electrons. The van der Waals surface area contributed by atoms with Gasteiger partial charge >= 0.3 is 5.97 Å². The number of phenols is 2. The number of hydrogen-bond acceptors (Lipinski definition) is 7. The molecule has 1 aromatic rings. The van der Waals surface area contributed by atoms with Crippen molar-refractivity contribution < 1.29 is 34.8 Å². The van der Waals surface area contributed by atoms with Crippen LogP contribution in [0.25, 0.3) is 0 Å². The van der Waals surface area contributed by atoms with Crippen LogP contribution in [0.15, 0.2) is 17.7 Å². The number of aliphatic hydroxyl groups is 2. The highest BCUT2D eigenvalue weighted by Gasteiger charge is 2.28. The molecule has 0 saturated carbocycles. The summed E-state index contributed by atoms with van der Waals surface area (Å²) in [6, 6.07) is 0.936. The Morgan fingerprint density at radius 2 is 1.85 bits per heavy atom. The lowest BCUT2D eigenvalue weighted by molar-refractivity contribution is -0.128. The molecule has 7 nitrogen and oxygen atoms in total. The topological polar surface area (TPSA) is 124 Å². The minimum atomic E-state index is -1.63. The molecule has 142 valence electrons. The molecule has 1 aliphatic rings. The number of hydrogen-bond donors (Lipinski definition) is 4. The van der Waals surface area contributed by atoms with Crippen LogP contribution in [0.2, 0.25) is 5.02 Å². The smallest absolute Gasteiger partial charge is 0.342 e. The van der Waals surface area contributed by atoms with E-state index in [0.29, 0.717) is 5.57 Å². The van der Waals surface area contributed by atoms with E-state index in [2.05, 4.69) is 0 Å². The number of carbonyl (C=O) groups is 2. The Morgan fingerprint density at radius 1 is 1.19 bits per heavy atom. The minimum absolute atomic E-state index is 0.0731. The van der Waals surface area contributed by atoms with Crippen molar-refractivity contribution in [2.45, 2.75) is 51.4 Å². The van der Waals surface area contributed by atoms with Crippen molar-refractivity contribution in [2.75, 3.05) is 0 Å². The normalized spacial score (nSPS) is 27.3. The van der Waals surface area contributed by atoms with Crippen LogP contribution in [0.1, 0.15) is 42.6 Å². The summed E-state index contributed by atoms with van der Waals surface area (Å²) in [6.07, 6.45) is -2.43. The van der Waals surface area contributed by atoms with Crippen LogP contribution >= 0.6 is 11.6 Å². The third kappa shape index (κ3) is 4.35. The molecule has 0 amide bonds. The maximum absolute atomic E-state index is 12.5. The summed E-state index contributed by atoms with van der Waals surface area (Å²) in [7, 11) is 0. The Kier molecular flexibility index (Phi) is 6.28. The molecule has 0 bridgehead atoms. The molecule has 26 heavy (non-hydrogen) atoms. The first kappa shape index (κ1) is 20.2. The van der Waals surface area contributed by atoms with E-state index in [4.69, 9.17) is 16.3 Å². The van der Waals surface area contributed by atoms with Crippen LogP contribution in [0.5, 0.6) is 11.5 Å². The van der Waals surface area contributed by atoms with Crippen molar-refractivity contribution in [3.63, 3.8) is 0 Å². The number of fused-ring (bicyclic) bond motifs is 1. The largest absolute Gasteiger partial charge is 0.507 e. The molecule has 0 fully saturated rings. The second-order valence-corrected chi connectivity index (χ2v) is 6.82. The zero-order valence-corrected chi connectivity index (χ0v) is 15.2. The maximum atomic E-state index is 12.5. The van der Waals surface area contributed by atoms with E-state index in [1.165, 1.54) is 6.08 Å². The number of phenolic OH excluding ortho intramolecular Hbond substituents is 2. The fourth-order valence-corrected chi connectivity index (χ4v) is 3.15. The van der Waals surface area contributed by atoms with Crippen molar-refractivity contribution in [1.29, 1.82) is 0 Å². The van der Waals surface area contributed by atoms with Crippen molar-refractivity contribution >= 4 is 23.4 Å². The summed E-state index contributed by atoms with van der Waals surface area (Å²) >= 11 is 6.06. The molecular formula is C18H21ClO7. The van der Waals surface area contributed by atoms with Crippen LogP contribution in [0, 0.1) is 0 Å². The maximum Gasteiger partial charge on any atom is 0.342 e. The van der Waals surface area contributed by atoms with Crippen LogP contribution in [0.3, 0.4) is 0 Å². The molecule has 2 rings (SSSR count). The standard InChI is InChI=1S/C18H21ClO7/c1-8-5-9(2)26-18(25)15-10(16(19)13(22)7-12(15)21)3-4-11(20)17(24)14(23)6-8/h6-7,9,11,17,20-22,24H,3-5H2,1-2H3/b8-6-/t9-,11-,17-/m0/s1. The van der Waals surface area contributed by atoms with Gasteiger partial charge in [-0.1, -0.05) is 17.2 Å². The van der Waals surface area contributed by atoms with E-state index in [9.17, 15) is 30.0 Å². The quantitative estimate of drug-likeness (QED) is 0.503. The zero-order valence-electron chi connectivity index (χ0n) is 14.4. The molecule has 1 aromatic carbocycles. The van der Waals surface area contributed by atoms with Gasteiger partial charge < -0.3 is 25.2 Å². The highest BCUT2D eigenvalue weighted by Crippen LogP contribution is 2.37. The SMILES string of the molecule is C/C1=C/C(=O)[C@@H](O)[C@@H](O)CCc2c(Cl)c(O)cc(O)c2C(=O)O[C@@H](C)C1. The molecule has 1 heterocycles. The number of aromatic hydroxyl groups is 2. The van der Waals surface area contributed by atoms with Crippen molar-refractivity contribution in [3.05, 3.63) is 33.9 Å². The third-order valence-electron chi connectivity index (χ3n) is 4.18. The number of esters is 1. The number of rotatable bonds is 0. The molecule has 0 aliphatic carbocycles. The van der Waals surface area contributed by atoms with Crippen LogP contribution < -0.4 is 0 Å². The average Bonchev–Trinajstić information content (AvgIpc) is 2.54. The second kappa shape index (κ2) is 8.07. The van der Waals surface area contributed by atoms with E-state index in [-0.39, 0.29) is 35.4 Å². The van der Waals surface area contributed by atoms with Gasteiger partial charge in [-0.2, -0.15) is 0 Å². The lowest BCUT2D eigenvalue weighted by atomic mass is 9.96. The first-order chi connectivity index (χ1) is 12.1. The van der Waals surface area contributed by atoms with Gasteiger partial charge in [-0.15, -0.1) is 0 Å². The van der Waals surface area contributed by atoms with E-state index in [1.54, 1.807) is 13.8 Å². The van der Waals surface area contributed by atoms with Crippen molar-refractivity contribution in [3.8, 4) is 11.5 Å². The highest BCUT2D eigenvalue weighted by atomic mass is 35.5. The van der Waals surface area contributed by atoms with Gasteiger partial charge in [-0.3, -0.25) is 4.79 Å². The number of benzene rings is 1. The number of ether oxygens (including phenoxy) is 1. The molecule has 0 spiro atoms. The molecule has 0 saturated heterocycles. The Hall–Kier alpha value is -2.09. The van der Waals surface area contributed by atoms with E-state index >= 15 is 0 Å². The summed E-state index contributed by atoms with van der Waals surface area (Å²) in [5.74, 6) is -2.43. The first-order valence-electron chi connectivity index (χ1n) is 8.13. The lowest BCUT2D eigenvalue weighted by Crippen LogP contribution is -2.33. The van der Waals surface area contributed by atoms with Gasteiger partial charge in [-0.25, -0.2) is 4.79 Å². The van der Waals surface area contributed by atoms with Crippen LogP contribution in [-0.2, 0) is 16.0 Å². The van der Waals surface area contributed by atoms with Gasteiger partial charge in [-0.05, 0) is 38.3 Å². The number of carbonyl (C=O) groups excluding carboxylic acids is 2. The predicted molar refractivity (Wildman–Crippen MR) is 93.4 cm³/mol. The summed E-state index contributed by atoms with van der Waals surface area (Å²) < 4.78 is 5.31. The fourth-order valence-electron chi connectivity index (χ4n) is 2.91. The van der Waals surface area contributed by atoms with Gasteiger partial charge in [0.05, 0.1) is 11.1 Å². The van der Waals surface area contributed by atoms with E-state index in [1.807, 2.05) is 0 Å². The average molecular weight is 385 g/mol. The van der Waals surface area contributed by atoms with Crippen molar-refractivity contribution in [1.82, 2.24) is 0 Å². The minimum Gasteiger partial charge on any atom is -0.507 e. The van der Waals surface area contributed by atoms with Crippen molar-refractivity contribution in [2.24, 2.45) is 0 Å². The second-order valence-electron chi connectivity index (χ2n) is 6.45. The fraction of sp³-hybridized carbons (Fsp3) is 0.444. The molecule has 4 N–H and O–H groups in total. The van der Waals surface area contributed by atoms with Crippen LogP contribution in [0.4, 0.5) is 0 Å². The summed E-state index contributed by atoms with van der Waals surface area (Å²) in [5, 5.41) is 39.8. The molecular weight excluding hydrogens is 364 g/mol. The molecule has 1 aliphatic heterocycles. The molecule has 3 atom stereocenters. The molecule has 0 aromatic heterocycles. The highest BCUT2D eigenvalue weighted by molar-refractivity contribution is 6.33. The number of ketones is 1. The summed E-state index contributed by atoms with van der Waals surface area (Å²) in [5.41, 5.74) is 0.423. The lowest BCUT2D eigenvalue weighted by Gasteiger charge is -2.18. The molecule has 0 unspecified atom stereocenters. The Balaban J connectivity index is 2.52. The summed E-state index contributed by atoms with van der Waals surface area (Å²) in [4.78, 5) is 24.5. The Bertz CT molecular complexity index is 756. The van der Waals surface area contributed by atoms with E-state index in [0.717, 1.165) is 6.07 Å². The Morgan fingerprint density at radius 3 is 2.50 bits per heavy atom. The van der Waals surface area contributed by atoms with Gasteiger partial charge in [0.1, 0.15) is 29.3 Å². The number of cyclic esters (lactones) is 1. The first-order valence-corrected chi connectivity index (χ1v) is 8.51. The van der Waals surface area contributed by atoms with Crippen LogP contribution in [-0.4, -0.2) is 50.5 Å². The number of halogens is 1. The third-order valence-corrected chi connectivity index (χ3v) is 4.60. The predicted octanol–water partition coefficient (Wildman–Crippen LogP) is 1.87. The zero-order chi connectivity index (χ0) is 19.6.